The molecule has 0 atom stereocenters. The number of nitrogens with one attached hydrogen (secondary N) is 1. The maximum Gasteiger partial charge on any atom is 0.134 e. The summed E-state index contributed by atoms with van der Waals surface area (Å²) in [5.41, 5.74) is 2.36. The number of thioether (sulfide) groups is 1. The van der Waals surface area contributed by atoms with Crippen LogP contribution in [0.4, 0.5) is 0 Å². The Balaban J connectivity index is 1.78. The van der Waals surface area contributed by atoms with Crippen LogP contribution in [0.1, 0.15) is 43.9 Å². The number of furan rings is 1. The highest BCUT2D eigenvalue weighted by Crippen LogP contribution is 2.26. The van der Waals surface area contributed by atoms with Gasteiger partial charge in [0.05, 0.1) is 0 Å². The van der Waals surface area contributed by atoms with Gasteiger partial charge in [-0.2, -0.15) is 11.8 Å². The monoisotopic (exact) mass is 305 g/mol. The molecule has 0 aliphatic carbocycles. The molecule has 0 spiro atoms. The predicted molar refractivity (Wildman–Crippen MR) is 94.1 cm³/mol. The fourth-order valence-corrected chi connectivity index (χ4v) is 3.18. The van der Waals surface area contributed by atoms with Crippen LogP contribution in [0, 0.1) is 0 Å². The number of rotatable bonds is 10. The molecule has 0 bridgehead atoms. The highest BCUT2D eigenvalue weighted by molar-refractivity contribution is 7.98. The summed E-state index contributed by atoms with van der Waals surface area (Å²) in [5, 5.41) is 4.85. The third kappa shape index (κ3) is 4.79. The largest absolute Gasteiger partial charge is 0.461 e. The summed E-state index contributed by atoms with van der Waals surface area (Å²) >= 11 is 1.95. The molecule has 1 N–H and O–H groups in total. The quantitative estimate of drug-likeness (QED) is 0.625. The molecule has 0 fully saturated rings. The van der Waals surface area contributed by atoms with Crippen molar-refractivity contribution in [3.63, 3.8) is 0 Å². The first-order valence-corrected chi connectivity index (χ1v) is 9.45. The van der Waals surface area contributed by atoms with Crippen LogP contribution >= 0.6 is 11.8 Å². The van der Waals surface area contributed by atoms with E-state index in [-0.39, 0.29) is 0 Å². The van der Waals surface area contributed by atoms with E-state index < -0.39 is 0 Å². The fourth-order valence-electron chi connectivity index (χ4n) is 2.69. The smallest absolute Gasteiger partial charge is 0.134 e. The van der Waals surface area contributed by atoms with Crippen molar-refractivity contribution >= 4 is 22.7 Å². The fraction of sp³-hybridized carbons (Fsp3) is 0.556. The molecule has 2 rings (SSSR count). The second kappa shape index (κ2) is 9.16. The van der Waals surface area contributed by atoms with Crippen molar-refractivity contribution in [1.82, 2.24) is 5.32 Å². The van der Waals surface area contributed by atoms with Gasteiger partial charge in [-0.1, -0.05) is 38.0 Å². The maximum atomic E-state index is 5.93. The van der Waals surface area contributed by atoms with E-state index in [4.69, 9.17) is 4.42 Å². The van der Waals surface area contributed by atoms with Crippen molar-refractivity contribution in [3.05, 3.63) is 35.6 Å². The number of para-hydroxylation sites is 1. The first-order chi connectivity index (χ1) is 10.4. The number of benzene rings is 1. The van der Waals surface area contributed by atoms with E-state index >= 15 is 0 Å². The van der Waals surface area contributed by atoms with E-state index in [1.54, 1.807) is 0 Å². The van der Waals surface area contributed by atoms with Gasteiger partial charge in [0.1, 0.15) is 11.3 Å². The van der Waals surface area contributed by atoms with Gasteiger partial charge in [0.15, 0.2) is 0 Å². The summed E-state index contributed by atoms with van der Waals surface area (Å²) in [5.74, 6) is 2.43. The average molecular weight is 305 g/mol. The van der Waals surface area contributed by atoms with Crippen LogP contribution in [0.2, 0.25) is 0 Å². The van der Waals surface area contributed by atoms with E-state index in [1.165, 1.54) is 42.4 Å². The molecule has 2 nitrogen and oxygen atoms in total. The molecule has 0 saturated heterocycles. The molecule has 1 aromatic carbocycles. The van der Waals surface area contributed by atoms with Crippen molar-refractivity contribution < 1.29 is 4.42 Å². The van der Waals surface area contributed by atoms with Gasteiger partial charge in [0.2, 0.25) is 0 Å². The Kier molecular flexibility index (Phi) is 7.17. The third-order valence-electron chi connectivity index (χ3n) is 3.86. The zero-order valence-electron chi connectivity index (χ0n) is 13.3. The zero-order valence-corrected chi connectivity index (χ0v) is 14.1. The number of hydrogen-bond acceptors (Lipinski definition) is 3. The maximum absolute atomic E-state index is 5.93. The molecule has 21 heavy (non-hydrogen) atoms. The minimum Gasteiger partial charge on any atom is -0.461 e. The van der Waals surface area contributed by atoms with Crippen LogP contribution in [0.25, 0.3) is 11.0 Å². The van der Waals surface area contributed by atoms with Gasteiger partial charge in [-0.05, 0) is 37.5 Å². The van der Waals surface area contributed by atoms with Crippen molar-refractivity contribution in [2.45, 2.75) is 45.6 Å². The van der Waals surface area contributed by atoms with Crippen LogP contribution < -0.4 is 5.32 Å². The van der Waals surface area contributed by atoms with Gasteiger partial charge in [-0.25, -0.2) is 0 Å². The van der Waals surface area contributed by atoms with Crippen molar-refractivity contribution in [1.29, 1.82) is 0 Å². The molecule has 0 radical (unpaired) electrons. The second-order valence-corrected chi connectivity index (χ2v) is 6.42. The van der Waals surface area contributed by atoms with Crippen molar-refractivity contribution in [3.8, 4) is 0 Å². The van der Waals surface area contributed by atoms with E-state index in [2.05, 4.69) is 36.7 Å². The standard InChI is InChI=1S/C18H27NOS/c1-3-17-16(15-10-6-7-11-18(15)20-17)14-19-12-8-4-5-9-13-21-2/h6-7,10-11,19H,3-5,8-9,12-14H2,1-2H3. The van der Waals surface area contributed by atoms with E-state index in [1.807, 2.05) is 17.8 Å². The van der Waals surface area contributed by atoms with Crippen LogP contribution in [0.5, 0.6) is 0 Å². The van der Waals surface area contributed by atoms with Gasteiger partial charge < -0.3 is 9.73 Å². The Labute approximate surface area is 132 Å². The third-order valence-corrected chi connectivity index (χ3v) is 4.55. The molecule has 3 heteroatoms. The first kappa shape index (κ1) is 16.4. The Morgan fingerprint density at radius 3 is 2.71 bits per heavy atom. The average Bonchev–Trinajstić information content (AvgIpc) is 2.88. The van der Waals surface area contributed by atoms with Gasteiger partial charge in [-0.15, -0.1) is 0 Å². The number of unbranched alkanes of at least 4 members (excludes halogenated alkanes) is 3. The zero-order chi connectivity index (χ0) is 14.9. The predicted octanol–water partition coefficient (Wildman–Crippen LogP) is 5.01. The summed E-state index contributed by atoms with van der Waals surface area (Å²) in [6.45, 7) is 4.18. The van der Waals surface area contributed by atoms with E-state index in [0.717, 1.165) is 30.9 Å². The first-order valence-electron chi connectivity index (χ1n) is 8.05. The molecule has 0 aliphatic heterocycles. The molecule has 1 aromatic heterocycles. The molecule has 116 valence electrons. The summed E-state index contributed by atoms with van der Waals surface area (Å²) in [6.07, 6.45) is 8.46. The lowest BCUT2D eigenvalue weighted by Crippen LogP contribution is -2.15. The summed E-state index contributed by atoms with van der Waals surface area (Å²) in [4.78, 5) is 0. The Morgan fingerprint density at radius 1 is 1.10 bits per heavy atom. The topological polar surface area (TPSA) is 25.2 Å². The molecule has 1 heterocycles. The Bertz CT molecular complexity index is 535. The number of hydrogen-bond donors (Lipinski definition) is 1. The highest BCUT2D eigenvalue weighted by atomic mass is 32.2. The van der Waals surface area contributed by atoms with Gasteiger partial charge in [-0.3, -0.25) is 0 Å². The SMILES string of the molecule is CCc1oc2ccccc2c1CNCCCCCCSC. The Hall–Kier alpha value is -0.930. The summed E-state index contributed by atoms with van der Waals surface area (Å²) in [7, 11) is 0. The number of aryl methyl sites for hydroxylation is 1. The van der Waals surface area contributed by atoms with E-state index in [0.29, 0.717) is 0 Å². The van der Waals surface area contributed by atoms with Gasteiger partial charge in [0, 0.05) is 23.9 Å². The van der Waals surface area contributed by atoms with Gasteiger partial charge >= 0.3 is 0 Å². The lowest BCUT2D eigenvalue weighted by Gasteiger charge is -2.05. The van der Waals surface area contributed by atoms with Gasteiger partial charge in [0.25, 0.3) is 0 Å². The lowest BCUT2D eigenvalue weighted by molar-refractivity contribution is 0.540. The lowest BCUT2D eigenvalue weighted by atomic mass is 10.1. The highest BCUT2D eigenvalue weighted by Gasteiger charge is 2.11. The summed E-state index contributed by atoms with van der Waals surface area (Å²) < 4.78 is 5.93. The minimum absolute atomic E-state index is 0.922. The van der Waals surface area contributed by atoms with E-state index in [9.17, 15) is 0 Å². The molecule has 0 saturated carbocycles. The minimum atomic E-state index is 0.922. The van der Waals surface area contributed by atoms with Crippen LogP contribution in [0.3, 0.4) is 0 Å². The van der Waals surface area contributed by atoms with Crippen LogP contribution in [-0.2, 0) is 13.0 Å². The summed E-state index contributed by atoms with van der Waals surface area (Å²) in [6, 6.07) is 8.35. The number of fused-ring (bicyclic) bond motifs is 1. The molecular formula is C18H27NOS. The molecular weight excluding hydrogens is 278 g/mol. The van der Waals surface area contributed by atoms with Crippen molar-refractivity contribution in [2.24, 2.45) is 0 Å². The second-order valence-electron chi connectivity index (χ2n) is 5.44. The molecule has 0 amide bonds. The van der Waals surface area contributed by atoms with Crippen LogP contribution in [0.15, 0.2) is 28.7 Å². The Morgan fingerprint density at radius 2 is 1.90 bits per heavy atom. The molecule has 0 unspecified atom stereocenters. The van der Waals surface area contributed by atoms with Crippen molar-refractivity contribution in [2.75, 3.05) is 18.6 Å². The van der Waals surface area contributed by atoms with Crippen LogP contribution in [-0.4, -0.2) is 18.6 Å². The molecule has 0 aliphatic rings. The normalized spacial score (nSPS) is 11.3. The molecule has 2 aromatic rings.